The molecule has 0 radical (unpaired) electrons. The van der Waals surface area contributed by atoms with Crippen LogP contribution in [0.15, 0.2) is 62.6 Å². The van der Waals surface area contributed by atoms with E-state index in [1.54, 1.807) is 30.3 Å². The van der Waals surface area contributed by atoms with E-state index in [2.05, 4.69) is 15.9 Å². The Morgan fingerprint density at radius 3 is 2.30 bits per heavy atom. The Kier molecular flexibility index (Phi) is 4.40. The van der Waals surface area contributed by atoms with Gasteiger partial charge in [-0.3, -0.25) is 0 Å². The van der Waals surface area contributed by atoms with Crippen LogP contribution < -0.4 is 0 Å². The zero-order valence-corrected chi connectivity index (χ0v) is 15.3. The number of sulfone groups is 1. The second-order valence-electron chi connectivity index (χ2n) is 5.07. The number of benzene rings is 2. The van der Waals surface area contributed by atoms with E-state index in [0.29, 0.717) is 5.56 Å². The SMILES string of the molecule is CS(=O)(=O)c1ccccc1-c1csc(Br)c1-c1ccc(F)cc1. The molecule has 0 atom stereocenters. The highest BCUT2D eigenvalue weighted by Crippen LogP contribution is 2.44. The van der Waals surface area contributed by atoms with Gasteiger partial charge in [-0.05, 0) is 39.7 Å². The summed E-state index contributed by atoms with van der Waals surface area (Å²) in [5.74, 6) is -0.307. The molecule has 1 aromatic heterocycles. The molecular formula is C17H12BrFO2S2. The van der Waals surface area contributed by atoms with Crippen molar-refractivity contribution in [2.45, 2.75) is 4.90 Å². The molecule has 2 aromatic carbocycles. The van der Waals surface area contributed by atoms with E-state index in [-0.39, 0.29) is 10.7 Å². The average molecular weight is 411 g/mol. The normalized spacial score (nSPS) is 11.6. The van der Waals surface area contributed by atoms with E-state index in [4.69, 9.17) is 0 Å². The van der Waals surface area contributed by atoms with Gasteiger partial charge < -0.3 is 0 Å². The van der Waals surface area contributed by atoms with Gasteiger partial charge in [0.15, 0.2) is 9.84 Å². The van der Waals surface area contributed by atoms with E-state index in [0.717, 1.165) is 20.5 Å². The molecule has 0 bridgehead atoms. The molecule has 0 spiro atoms. The summed E-state index contributed by atoms with van der Waals surface area (Å²) in [6.45, 7) is 0. The van der Waals surface area contributed by atoms with E-state index in [1.165, 1.54) is 29.7 Å². The zero-order valence-electron chi connectivity index (χ0n) is 12.1. The smallest absolute Gasteiger partial charge is 0.176 e. The van der Waals surface area contributed by atoms with Crippen molar-refractivity contribution in [3.05, 3.63) is 63.5 Å². The van der Waals surface area contributed by atoms with Gasteiger partial charge in [0.25, 0.3) is 0 Å². The first-order valence-electron chi connectivity index (χ1n) is 6.70. The first-order chi connectivity index (χ1) is 10.9. The van der Waals surface area contributed by atoms with Crippen LogP contribution in [0.4, 0.5) is 4.39 Å². The number of thiophene rings is 1. The highest BCUT2D eigenvalue weighted by Gasteiger charge is 2.20. The van der Waals surface area contributed by atoms with Crippen molar-refractivity contribution < 1.29 is 12.8 Å². The molecule has 2 nitrogen and oxygen atoms in total. The minimum absolute atomic E-state index is 0.286. The van der Waals surface area contributed by atoms with E-state index in [1.807, 2.05) is 11.4 Å². The van der Waals surface area contributed by atoms with E-state index < -0.39 is 9.84 Å². The first-order valence-corrected chi connectivity index (χ1v) is 10.3. The zero-order chi connectivity index (χ0) is 16.6. The lowest BCUT2D eigenvalue weighted by molar-refractivity contribution is 0.602. The number of halogens is 2. The molecule has 0 aliphatic heterocycles. The molecule has 1 heterocycles. The largest absolute Gasteiger partial charge is 0.224 e. The lowest BCUT2D eigenvalue weighted by Crippen LogP contribution is -1.99. The van der Waals surface area contributed by atoms with Crippen LogP contribution in [0.2, 0.25) is 0 Å². The van der Waals surface area contributed by atoms with Gasteiger partial charge in [-0.15, -0.1) is 11.3 Å². The fourth-order valence-corrected chi connectivity index (χ4v) is 4.87. The predicted octanol–water partition coefficient (Wildman–Crippen LogP) is 5.39. The standard InChI is InChI=1S/C17H12BrFO2S2/c1-23(20,21)15-5-3-2-4-13(15)14-10-22-17(18)16(14)11-6-8-12(19)9-7-11/h2-10H,1H3. The minimum Gasteiger partial charge on any atom is -0.224 e. The Balaban J connectivity index is 2.27. The Morgan fingerprint density at radius 1 is 1.00 bits per heavy atom. The summed E-state index contributed by atoms with van der Waals surface area (Å²) in [5.41, 5.74) is 3.16. The van der Waals surface area contributed by atoms with Gasteiger partial charge in [0.1, 0.15) is 5.82 Å². The van der Waals surface area contributed by atoms with Crippen molar-refractivity contribution >= 4 is 37.1 Å². The van der Waals surface area contributed by atoms with Gasteiger partial charge >= 0.3 is 0 Å². The molecule has 0 aliphatic rings. The predicted molar refractivity (Wildman–Crippen MR) is 96.0 cm³/mol. The highest BCUT2D eigenvalue weighted by atomic mass is 79.9. The maximum absolute atomic E-state index is 13.2. The number of rotatable bonds is 3. The van der Waals surface area contributed by atoms with Gasteiger partial charge in [0.05, 0.1) is 8.68 Å². The lowest BCUT2D eigenvalue weighted by atomic mass is 9.99. The maximum atomic E-state index is 13.2. The van der Waals surface area contributed by atoms with Crippen LogP contribution in [0.1, 0.15) is 0 Å². The van der Waals surface area contributed by atoms with Gasteiger partial charge in [0.2, 0.25) is 0 Å². The molecule has 0 aliphatic carbocycles. The van der Waals surface area contributed by atoms with Crippen molar-refractivity contribution in [1.82, 2.24) is 0 Å². The molecular weight excluding hydrogens is 399 g/mol. The van der Waals surface area contributed by atoms with Gasteiger partial charge in [0, 0.05) is 28.3 Å². The quantitative estimate of drug-likeness (QED) is 0.579. The summed E-state index contributed by atoms with van der Waals surface area (Å²) in [6, 6.07) is 13.1. The molecule has 0 N–H and O–H groups in total. The fourth-order valence-electron chi connectivity index (χ4n) is 2.43. The van der Waals surface area contributed by atoms with Crippen LogP contribution >= 0.6 is 27.3 Å². The van der Waals surface area contributed by atoms with Crippen molar-refractivity contribution in [1.29, 1.82) is 0 Å². The molecule has 0 saturated carbocycles. The highest BCUT2D eigenvalue weighted by molar-refractivity contribution is 9.11. The van der Waals surface area contributed by atoms with Crippen LogP contribution in [0, 0.1) is 5.82 Å². The molecule has 0 amide bonds. The summed E-state index contributed by atoms with van der Waals surface area (Å²) in [6.07, 6.45) is 1.20. The fraction of sp³-hybridized carbons (Fsp3) is 0.0588. The molecule has 3 rings (SSSR count). The number of hydrogen-bond donors (Lipinski definition) is 0. The van der Waals surface area contributed by atoms with Crippen molar-refractivity contribution in [2.75, 3.05) is 6.26 Å². The molecule has 0 saturated heterocycles. The van der Waals surface area contributed by atoms with Crippen LogP contribution in [-0.4, -0.2) is 14.7 Å². The maximum Gasteiger partial charge on any atom is 0.176 e. The summed E-state index contributed by atoms with van der Waals surface area (Å²) in [5, 5.41) is 1.91. The van der Waals surface area contributed by atoms with Crippen LogP contribution in [0.5, 0.6) is 0 Å². The van der Waals surface area contributed by atoms with E-state index >= 15 is 0 Å². The molecule has 0 fully saturated rings. The summed E-state index contributed by atoms with van der Waals surface area (Å²) >= 11 is 4.99. The van der Waals surface area contributed by atoms with Gasteiger partial charge in [-0.2, -0.15) is 0 Å². The Labute approximate surface area is 146 Å². The first kappa shape index (κ1) is 16.4. The Morgan fingerprint density at radius 2 is 1.65 bits per heavy atom. The number of hydrogen-bond acceptors (Lipinski definition) is 3. The summed E-state index contributed by atoms with van der Waals surface area (Å²) in [4.78, 5) is 0.286. The van der Waals surface area contributed by atoms with Gasteiger partial charge in [-0.1, -0.05) is 30.3 Å². The molecule has 3 aromatic rings. The third-order valence-electron chi connectivity index (χ3n) is 3.46. The third kappa shape index (κ3) is 3.24. The second-order valence-corrected chi connectivity index (χ2v) is 9.26. The minimum atomic E-state index is -3.35. The molecule has 118 valence electrons. The van der Waals surface area contributed by atoms with Crippen molar-refractivity contribution in [3.8, 4) is 22.3 Å². The average Bonchev–Trinajstić information content (AvgIpc) is 2.89. The Bertz CT molecular complexity index is 961. The van der Waals surface area contributed by atoms with Gasteiger partial charge in [-0.25, -0.2) is 12.8 Å². The molecule has 23 heavy (non-hydrogen) atoms. The van der Waals surface area contributed by atoms with E-state index in [9.17, 15) is 12.8 Å². The summed E-state index contributed by atoms with van der Waals surface area (Å²) in [7, 11) is -3.35. The molecule has 0 unspecified atom stereocenters. The van der Waals surface area contributed by atoms with Crippen LogP contribution in [0.3, 0.4) is 0 Å². The van der Waals surface area contributed by atoms with Crippen molar-refractivity contribution in [3.63, 3.8) is 0 Å². The van der Waals surface area contributed by atoms with Crippen LogP contribution in [-0.2, 0) is 9.84 Å². The van der Waals surface area contributed by atoms with Crippen molar-refractivity contribution in [2.24, 2.45) is 0 Å². The monoisotopic (exact) mass is 410 g/mol. The van der Waals surface area contributed by atoms with Crippen LogP contribution in [0.25, 0.3) is 22.3 Å². The molecule has 6 heteroatoms. The summed E-state index contributed by atoms with van der Waals surface area (Å²) < 4.78 is 38.2. The topological polar surface area (TPSA) is 34.1 Å². The Hall–Kier alpha value is -1.50. The second kappa shape index (κ2) is 6.19. The lowest BCUT2D eigenvalue weighted by Gasteiger charge is -2.10. The third-order valence-corrected chi connectivity index (χ3v) is 6.33.